The Balaban J connectivity index is 2.51. The molecule has 0 aliphatic carbocycles. The molecule has 0 radical (unpaired) electrons. The van der Waals surface area contributed by atoms with Crippen molar-refractivity contribution in [2.24, 2.45) is 5.16 Å². The summed E-state index contributed by atoms with van der Waals surface area (Å²) in [5.74, 6) is -0.0572. The molecule has 0 atom stereocenters. The number of oxime groups is 1. The lowest BCUT2D eigenvalue weighted by Crippen LogP contribution is -2.15. The van der Waals surface area contributed by atoms with Gasteiger partial charge in [0.05, 0.1) is 6.42 Å². The van der Waals surface area contributed by atoms with Gasteiger partial charge in [0.2, 0.25) is 5.90 Å². The van der Waals surface area contributed by atoms with Crippen molar-refractivity contribution >= 4 is 27.8 Å². The normalized spacial score (nSPS) is 11.1. The number of rotatable bonds is 5. The predicted octanol–water partition coefficient (Wildman–Crippen LogP) is 2.52. The fraction of sp³-hybridized carbons (Fsp3) is 0.333. The molecule has 1 rings (SSSR count). The van der Waals surface area contributed by atoms with E-state index in [4.69, 9.17) is 4.74 Å². The number of halogens is 1. The number of carbonyl (C=O) groups is 1. The van der Waals surface area contributed by atoms with Crippen molar-refractivity contribution in [3.63, 3.8) is 0 Å². The molecule has 0 heterocycles. The maximum Gasteiger partial charge on any atom is 0.316 e. The summed E-state index contributed by atoms with van der Waals surface area (Å²) in [6, 6.07) is 9.41. The van der Waals surface area contributed by atoms with Crippen LogP contribution in [0.5, 0.6) is 0 Å². The van der Waals surface area contributed by atoms with Crippen LogP contribution in [0, 0.1) is 0 Å². The molecule has 0 aliphatic heterocycles. The van der Waals surface area contributed by atoms with Crippen LogP contribution < -0.4 is 0 Å². The third-order valence-corrected chi connectivity index (χ3v) is 2.32. The average Bonchev–Trinajstić information content (AvgIpc) is 2.30. The minimum Gasteiger partial charge on any atom is -0.408 e. The van der Waals surface area contributed by atoms with Gasteiger partial charge in [-0.25, -0.2) is 0 Å². The molecule has 5 heteroatoms. The lowest BCUT2D eigenvalue weighted by molar-refractivity contribution is -0.135. The highest BCUT2D eigenvalue weighted by Gasteiger charge is 2.09. The van der Waals surface area contributed by atoms with Gasteiger partial charge >= 0.3 is 5.97 Å². The van der Waals surface area contributed by atoms with Gasteiger partial charge < -0.3 is 9.57 Å². The third kappa shape index (κ3) is 5.49. The molecule has 1 aromatic carbocycles. The number of hydrogen-bond acceptors (Lipinski definition) is 4. The SMILES string of the molecule is CON=C(CCBr)OC(=O)Cc1ccccc1. The zero-order valence-electron chi connectivity index (χ0n) is 9.56. The van der Waals surface area contributed by atoms with Crippen LogP contribution in [-0.2, 0) is 20.8 Å². The average molecular weight is 300 g/mol. The van der Waals surface area contributed by atoms with Crippen molar-refractivity contribution in [3.05, 3.63) is 35.9 Å². The van der Waals surface area contributed by atoms with Crippen LogP contribution in [0.4, 0.5) is 0 Å². The van der Waals surface area contributed by atoms with Gasteiger partial charge in [-0.3, -0.25) is 4.79 Å². The first-order valence-corrected chi connectivity index (χ1v) is 6.29. The highest BCUT2D eigenvalue weighted by Crippen LogP contribution is 2.03. The molecule has 17 heavy (non-hydrogen) atoms. The number of esters is 1. The first-order valence-electron chi connectivity index (χ1n) is 5.17. The third-order valence-electron chi connectivity index (χ3n) is 1.92. The van der Waals surface area contributed by atoms with Crippen LogP contribution in [0.1, 0.15) is 12.0 Å². The molecule has 0 saturated heterocycles. The van der Waals surface area contributed by atoms with Gasteiger partial charge in [-0.05, 0) is 5.56 Å². The smallest absolute Gasteiger partial charge is 0.316 e. The van der Waals surface area contributed by atoms with Gasteiger partial charge in [-0.1, -0.05) is 51.4 Å². The minimum absolute atomic E-state index is 0.228. The van der Waals surface area contributed by atoms with Gasteiger partial charge in [0.15, 0.2) is 0 Å². The Labute approximate surface area is 109 Å². The lowest BCUT2D eigenvalue weighted by atomic mass is 10.2. The Bertz CT molecular complexity index is 379. The fourth-order valence-electron chi connectivity index (χ4n) is 1.23. The van der Waals surface area contributed by atoms with E-state index in [1.807, 2.05) is 30.3 Å². The Hall–Kier alpha value is -1.36. The van der Waals surface area contributed by atoms with E-state index in [0.717, 1.165) is 5.56 Å². The zero-order chi connectivity index (χ0) is 12.5. The summed E-state index contributed by atoms with van der Waals surface area (Å²) in [6.07, 6.45) is 0.736. The summed E-state index contributed by atoms with van der Waals surface area (Å²) < 4.78 is 5.09. The van der Waals surface area contributed by atoms with Crippen LogP contribution >= 0.6 is 15.9 Å². The molecule has 0 aliphatic rings. The molecule has 0 amide bonds. The summed E-state index contributed by atoms with van der Waals surface area (Å²) in [5.41, 5.74) is 0.910. The molecule has 0 fully saturated rings. The first-order chi connectivity index (χ1) is 8.26. The summed E-state index contributed by atoms with van der Waals surface area (Å²) in [4.78, 5) is 16.2. The van der Waals surface area contributed by atoms with E-state index in [1.54, 1.807) is 0 Å². The highest BCUT2D eigenvalue weighted by atomic mass is 79.9. The Morgan fingerprint density at radius 1 is 1.35 bits per heavy atom. The van der Waals surface area contributed by atoms with Crippen LogP contribution in [0.25, 0.3) is 0 Å². The maximum atomic E-state index is 11.6. The van der Waals surface area contributed by atoms with Crippen molar-refractivity contribution in [3.8, 4) is 0 Å². The molecule has 4 nitrogen and oxygen atoms in total. The van der Waals surface area contributed by atoms with Crippen molar-refractivity contribution in [1.82, 2.24) is 0 Å². The summed E-state index contributed by atoms with van der Waals surface area (Å²) in [5, 5.41) is 4.30. The van der Waals surface area contributed by atoms with E-state index in [2.05, 4.69) is 25.9 Å². The molecular weight excluding hydrogens is 286 g/mol. The quantitative estimate of drug-likeness (QED) is 0.276. The molecule has 0 bridgehead atoms. The standard InChI is InChI=1S/C12H14BrNO3/c1-16-14-11(7-8-13)17-12(15)9-10-5-3-2-4-6-10/h2-6H,7-9H2,1H3. The van der Waals surface area contributed by atoms with Gasteiger partial charge in [-0.15, -0.1) is 0 Å². The number of nitrogens with zero attached hydrogens (tertiary/aromatic N) is 1. The van der Waals surface area contributed by atoms with Crippen LogP contribution in [0.2, 0.25) is 0 Å². The highest BCUT2D eigenvalue weighted by molar-refractivity contribution is 9.09. The van der Waals surface area contributed by atoms with Gasteiger partial charge in [-0.2, -0.15) is 0 Å². The number of benzene rings is 1. The maximum absolute atomic E-state index is 11.6. The zero-order valence-corrected chi connectivity index (χ0v) is 11.1. The number of ether oxygens (including phenoxy) is 1. The second kappa shape index (κ2) is 7.84. The molecule has 0 unspecified atom stereocenters. The second-order valence-electron chi connectivity index (χ2n) is 3.24. The van der Waals surface area contributed by atoms with Crippen molar-refractivity contribution < 1.29 is 14.4 Å². The molecule has 92 valence electrons. The van der Waals surface area contributed by atoms with E-state index in [1.165, 1.54) is 7.11 Å². The van der Waals surface area contributed by atoms with Crippen molar-refractivity contribution in [1.29, 1.82) is 0 Å². The molecule has 1 aromatic rings. The largest absolute Gasteiger partial charge is 0.408 e. The summed E-state index contributed by atoms with van der Waals surface area (Å²) in [7, 11) is 1.42. The number of carbonyl (C=O) groups excluding carboxylic acids is 1. The number of alkyl halides is 1. The molecule has 0 N–H and O–H groups in total. The fourth-order valence-corrected chi connectivity index (χ4v) is 1.57. The van der Waals surface area contributed by atoms with E-state index in [-0.39, 0.29) is 18.3 Å². The predicted molar refractivity (Wildman–Crippen MR) is 69.1 cm³/mol. The molecule has 0 spiro atoms. The van der Waals surface area contributed by atoms with Crippen LogP contribution in [-0.4, -0.2) is 24.3 Å². The second-order valence-corrected chi connectivity index (χ2v) is 4.04. The lowest BCUT2D eigenvalue weighted by Gasteiger charge is -2.05. The van der Waals surface area contributed by atoms with Crippen molar-refractivity contribution in [2.75, 3.05) is 12.4 Å². The molecule has 0 saturated carbocycles. The van der Waals surface area contributed by atoms with Gasteiger partial charge in [0.1, 0.15) is 7.11 Å². The van der Waals surface area contributed by atoms with Gasteiger partial charge in [0.25, 0.3) is 0 Å². The minimum atomic E-state index is -0.340. The monoisotopic (exact) mass is 299 g/mol. The van der Waals surface area contributed by atoms with E-state index in [9.17, 15) is 4.79 Å². The molecular formula is C12H14BrNO3. The Kier molecular flexibility index (Phi) is 6.32. The van der Waals surface area contributed by atoms with Crippen molar-refractivity contribution in [2.45, 2.75) is 12.8 Å². The van der Waals surface area contributed by atoms with Crippen LogP contribution in [0.15, 0.2) is 35.5 Å². The van der Waals surface area contributed by atoms with Crippen LogP contribution in [0.3, 0.4) is 0 Å². The molecule has 0 aromatic heterocycles. The van der Waals surface area contributed by atoms with Gasteiger partial charge in [0, 0.05) is 11.8 Å². The van der Waals surface area contributed by atoms with E-state index in [0.29, 0.717) is 11.8 Å². The Morgan fingerprint density at radius 3 is 2.65 bits per heavy atom. The topological polar surface area (TPSA) is 47.9 Å². The number of hydrogen-bond donors (Lipinski definition) is 0. The summed E-state index contributed by atoms with van der Waals surface area (Å²) >= 11 is 3.25. The Morgan fingerprint density at radius 2 is 2.06 bits per heavy atom. The van der Waals surface area contributed by atoms with E-state index < -0.39 is 0 Å². The first kappa shape index (κ1) is 13.7. The summed E-state index contributed by atoms with van der Waals surface area (Å²) in [6.45, 7) is 0. The van der Waals surface area contributed by atoms with E-state index >= 15 is 0 Å².